The number of aromatic nitrogens is 1. The van der Waals surface area contributed by atoms with Crippen LogP contribution in [-0.2, 0) is 9.59 Å². The summed E-state index contributed by atoms with van der Waals surface area (Å²) in [6.45, 7) is 7.45. The number of halogens is 1. The van der Waals surface area contributed by atoms with E-state index in [1.807, 2.05) is 12.1 Å². The van der Waals surface area contributed by atoms with Crippen LogP contribution < -0.4 is 10.1 Å². The molecule has 7 heteroatoms. The normalized spacial score (nSPS) is 14.6. The van der Waals surface area contributed by atoms with Crippen LogP contribution in [-0.4, -0.2) is 41.4 Å². The lowest BCUT2D eigenvalue weighted by Gasteiger charge is -2.31. The molecular weight excluding hydrogens is 402 g/mol. The number of likely N-dealkylation sites (tertiary alicyclic amines) is 1. The quantitative estimate of drug-likeness (QED) is 0.737. The number of aryl methyl sites for hydroxylation is 1. The second-order valence-electron chi connectivity index (χ2n) is 7.97. The molecule has 0 atom stereocenters. The Balaban J connectivity index is 1.45. The summed E-state index contributed by atoms with van der Waals surface area (Å²) >= 11 is 5.81. The Morgan fingerprint density at radius 3 is 2.57 bits per heavy atom. The predicted octanol–water partition coefficient (Wildman–Crippen LogP) is 4.42. The standard InChI is InChI=1S/C23H28ClN3O3/c1-15(2)20-6-5-19(12-16(20)3)30-14-22(28)27-10-8-17(9-11-27)23(29)26-21-7-4-18(24)13-25-21/h4-7,12-13,15,17H,8-11,14H2,1-3H3,(H,25,26,29). The van der Waals surface area contributed by atoms with Gasteiger partial charge in [0.2, 0.25) is 5.91 Å². The summed E-state index contributed by atoms with van der Waals surface area (Å²) in [5.41, 5.74) is 2.44. The zero-order chi connectivity index (χ0) is 21.7. The first-order valence-electron chi connectivity index (χ1n) is 10.3. The molecule has 1 saturated heterocycles. The van der Waals surface area contributed by atoms with Gasteiger partial charge in [0.25, 0.3) is 5.91 Å². The highest BCUT2D eigenvalue weighted by Crippen LogP contribution is 2.24. The molecule has 3 rings (SSSR count). The van der Waals surface area contributed by atoms with Gasteiger partial charge in [-0.05, 0) is 61.1 Å². The number of piperidine rings is 1. The van der Waals surface area contributed by atoms with Crippen molar-refractivity contribution in [2.75, 3.05) is 25.0 Å². The Labute approximate surface area is 182 Å². The van der Waals surface area contributed by atoms with Crippen LogP contribution in [0.2, 0.25) is 5.02 Å². The Morgan fingerprint density at radius 2 is 1.97 bits per heavy atom. The lowest BCUT2D eigenvalue weighted by molar-refractivity contribution is -0.136. The number of nitrogens with zero attached hydrogens (tertiary/aromatic N) is 2. The fourth-order valence-electron chi connectivity index (χ4n) is 3.69. The van der Waals surface area contributed by atoms with E-state index < -0.39 is 0 Å². The SMILES string of the molecule is Cc1cc(OCC(=O)N2CCC(C(=O)Nc3ccc(Cl)cn3)CC2)ccc1C(C)C. The molecule has 0 aliphatic carbocycles. The van der Waals surface area contributed by atoms with Crippen molar-refractivity contribution in [2.45, 2.75) is 39.5 Å². The van der Waals surface area contributed by atoms with E-state index in [9.17, 15) is 9.59 Å². The van der Waals surface area contributed by atoms with Gasteiger partial charge in [-0.2, -0.15) is 0 Å². The first-order valence-corrected chi connectivity index (χ1v) is 10.6. The van der Waals surface area contributed by atoms with Gasteiger partial charge in [0, 0.05) is 25.2 Å². The smallest absolute Gasteiger partial charge is 0.260 e. The number of carbonyl (C=O) groups excluding carboxylic acids is 2. The van der Waals surface area contributed by atoms with Gasteiger partial charge in [-0.1, -0.05) is 31.5 Å². The number of benzene rings is 1. The molecule has 1 aromatic heterocycles. The Kier molecular flexibility index (Phi) is 7.32. The minimum absolute atomic E-state index is 0.00598. The molecule has 0 spiro atoms. The summed E-state index contributed by atoms with van der Waals surface area (Å²) in [5, 5.41) is 3.33. The van der Waals surface area contributed by atoms with Gasteiger partial charge in [0.15, 0.2) is 6.61 Å². The highest BCUT2D eigenvalue weighted by molar-refractivity contribution is 6.30. The van der Waals surface area contributed by atoms with E-state index in [2.05, 4.69) is 37.1 Å². The number of nitrogens with one attached hydrogen (secondary N) is 1. The average Bonchev–Trinajstić information content (AvgIpc) is 2.73. The van der Waals surface area contributed by atoms with E-state index >= 15 is 0 Å². The first-order chi connectivity index (χ1) is 14.3. The molecule has 0 radical (unpaired) electrons. The van der Waals surface area contributed by atoms with E-state index in [1.165, 1.54) is 11.8 Å². The molecule has 2 heterocycles. The maximum Gasteiger partial charge on any atom is 0.260 e. The highest BCUT2D eigenvalue weighted by Gasteiger charge is 2.27. The van der Waals surface area contributed by atoms with Crippen molar-refractivity contribution in [2.24, 2.45) is 5.92 Å². The fraction of sp³-hybridized carbons (Fsp3) is 0.435. The highest BCUT2D eigenvalue weighted by atomic mass is 35.5. The van der Waals surface area contributed by atoms with Crippen LogP contribution in [0, 0.1) is 12.8 Å². The average molecular weight is 430 g/mol. The van der Waals surface area contributed by atoms with Crippen LogP contribution in [0.5, 0.6) is 5.75 Å². The predicted molar refractivity (Wildman–Crippen MR) is 118 cm³/mol. The van der Waals surface area contributed by atoms with E-state index in [0.717, 1.165) is 5.56 Å². The molecule has 30 heavy (non-hydrogen) atoms. The van der Waals surface area contributed by atoms with Gasteiger partial charge < -0.3 is 15.0 Å². The number of hydrogen-bond donors (Lipinski definition) is 1. The van der Waals surface area contributed by atoms with E-state index in [4.69, 9.17) is 16.3 Å². The van der Waals surface area contributed by atoms with Crippen molar-refractivity contribution in [1.82, 2.24) is 9.88 Å². The van der Waals surface area contributed by atoms with E-state index in [1.54, 1.807) is 17.0 Å². The molecule has 2 amide bonds. The second kappa shape index (κ2) is 9.94. The lowest BCUT2D eigenvalue weighted by atomic mass is 9.96. The summed E-state index contributed by atoms with van der Waals surface area (Å²) < 4.78 is 5.71. The van der Waals surface area contributed by atoms with Gasteiger partial charge in [0.05, 0.1) is 5.02 Å². The molecule has 2 aromatic rings. The number of ether oxygens (including phenoxy) is 1. The number of amides is 2. The zero-order valence-corrected chi connectivity index (χ0v) is 18.4. The van der Waals surface area contributed by atoms with Crippen molar-refractivity contribution < 1.29 is 14.3 Å². The van der Waals surface area contributed by atoms with Gasteiger partial charge in [0.1, 0.15) is 11.6 Å². The number of hydrogen-bond acceptors (Lipinski definition) is 4. The van der Waals surface area contributed by atoms with Crippen LogP contribution in [0.4, 0.5) is 5.82 Å². The van der Waals surface area contributed by atoms with Crippen LogP contribution in [0.3, 0.4) is 0 Å². The van der Waals surface area contributed by atoms with Gasteiger partial charge in [-0.15, -0.1) is 0 Å². The van der Waals surface area contributed by atoms with Gasteiger partial charge >= 0.3 is 0 Å². The summed E-state index contributed by atoms with van der Waals surface area (Å²) in [7, 11) is 0. The van der Waals surface area contributed by atoms with E-state index in [-0.39, 0.29) is 24.3 Å². The largest absolute Gasteiger partial charge is 0.484 e. The van der Waals surface area contributed by atoms with E-state index in [0.29, 0.717) is 48.4 Å². The minimum atomic E-state index is -0.140. The summed E-state index contributed by atoms with van der Waals surface area (Å²) in [6, 6.07) is 9.30. The molecule has 0 bridgehead atoms. The molecule has 1 aliphatic rings. The zero-order valence-electron chi connectivity index (χ0n) is 17.7. The van der Waals surface area contributed by atoms with Crippen LogP contribution in [0.1, 0.15) is 43.7 Å². The number of anilines is 1. The topological polar surface area (TPSA) is 71.5 Å². The van der Waals surface area contributed by atoms with Gasteiger partial charge in [-0.25, -0.2) is 4.98 Å². The molecular formula is C23H28ClN3O3. The molecule has 1 aromatic carbocycles. The van der Waals surface area contributed by atoms with Crippen LogP contribution in [0.25, 0.3) is 0 Å². The molecule has 0 saturated carbocycles. The minimum Gasteiger partial charge on any atom is -0.484 e. The van der Waals surface area contributed by atoms with Gasteiger partial charge in [-0.3, -0.25) is 9.59 Å². The van der Waals surface area contributed by atoms with Crippen LogP contribution >= 0.6 is 11.6 Å². The molecule has 6 nitrogen and oxygen atoms in total. The lowest BCUT2D eigenvalue weighted by Crippen LogP contribution is -2.43. The molecule has 1 N–H and O–H groups in total. The van der Waals surface area contributed by atoms with Crippen LogP contribution in [0.15, 0.2) is 36.5 Å². The van der Waals surface area contributed by atoms with Crippen molar-refractivity contribution in [3.05, 3.63) is 52.7 Å². The number of pyridine rings is 1. The maximum atomic E-state index is 12.5. The third kappa shape index (κ3) is 5.72. The summed E-state index contributed by atoms with van der Waals surface area (Å²) in [4.78, 5) is 30.8. The monoisotopic (exact) mass is 429 g/mol. The fourth-order valence-corrected chi connectivity index (χ4v) is 3.80. The summed E-state index contributed by atoms with van der Waals surface area (Å²) in [5.74, 6) is 1.37. The van der Waals surface area contributed by atoms with Crippen molar-refractivity contribution in [3.8, 4) is 5.75 Å². The first kappa shape index (κ1) is 22.1. The van der Waals surface area contributed by atoms with Crippen molar-refractivity contribution >= 4 is 29.2 Å². The number of carbonyl (C=O) groups is 2. The molecule has 1 aliphatic heterocycles. The molecule has 0 unspecified atom stereocenters. The maximum absolute atomic E-state index is 12.5. The number of rotatable bonds is 6. The van der Waals surface area contributed by atoms with Crippen molar-refractivity contribution in [3.63, 3.8) is 0 Å². The second-order valence-corrected chi connectivity index (χ2v) is 8.40. The Hall–Kier alpha value is -2.60. The third-order valence-corrected chi connectivity index (χ3v) is 5.65. The Morgan fingerprint density at radius 1 is 1.23 bits per heavy atom. The third-order valence-electron chi connectivity index (χ3n) is 5.42. The van der Waals surface area contributed by atoms with Crippen molar-refractivity contribution in [1.29, 1.82) is 0 Å². The summed E-state index contributed by atoms with van der Waals surface area (Å²) in [6.07, 6.45) is 2.73. The molecule has 1 fully saturated rings. The molecule has 160 valence electrons. The Bertz CT molecular complexity index is 891.